The Kier molecular flexibility index (Phi) is 4.81. The van der Waals surface area contributed by atoms with E-state index in [0.717, 1.165) is 25.0 Å². The van der Waals surface area contributed by atoms with Gasteiger partial charge in [0.25, 0.3) is 0 Å². The second-order valence-electron chi connectivity index (χ2n) is 4.28. The summed E-state index contributed by atoms with van der Waals surface area (Å²) in [4.78, 5) is 0. The van der Waals surface area contributed by atoms with Crippen molar-refractivity contribution >= 4 is 0 Å². The van der Waals surface area contributed by atoms with E-state index in [0.29, 0.717) is 24.7 Å². The standard InChI is InChI=1S/C13H19NO4/c1-16-12-5-4-10(8-14-15)7-13(12)18-11-3-2-6-17-9-11/h4-5,7,11,14-15H,2-3,6,8-9H2,1H3. The fraction of sp³-hybridized carbons (Fsp3) is 0.538. The zero-order chi connectivity index (χ0) is 12.8. The van der Waals surface area contributed by atoms with Gasteiger partial charge in [-0.2, -0.15) is 0 Å². The third kappa shape index (κ3) is 3.35. The molecule has 0 amide bonds. The SMILES string of the molecule is COc1ccc(CNO)cc1OC1CCCOC1. The molecular weight excluding hydrogens is 234 g/mol. The molecule has 5 nitrogen and oxygen atoms in total. The van der Waals surface area contributed by atoms with Crippen molar-refractivity contribution in [1.29, 1.82) is 0 Å². The Hall–Kier alpha value is -1.30. The molecule has 0 aliphatic carbocycles. The number of rotatable bonds is 5. The molecule has 1 unspecified atom stereocenters. The second-order valence-corrected chi connectivity index (χ2v) is 4.28. The molecule has 2 N–H and O–H groups in total. The number of methoxy groups -OCH3 is 1. The van der Waals surface area contributed by atoms with Crippen LogP contribution in [0.15, 0.2) is 18.2 Å². The molecule has 1 atom stereocenters. The molecule has 1 aliphatic rings. The molecule has 1 heterocycles. The molecule has 0 radical (unpaired) electrons. The average molecular weight is 253 g/mol. The Morgan fingerprint density at radius 2 is 2.33 bits per heavy atom. The van der Waals surface area contributed by atoms with Gasteiger partial charge in [-0.15, -0.1) is 0 Å². The van der Waals surface area contributed by atoms with Gasteiger partial charge in [-0.3, -0.25) is 0 Å². The molecule has 1 aromatic rings. The Bertz CT molecular complexity index is 377. The predicted molar refractivity (Wildman–Crippen MR) is 66.1 cm³/mol. The van der Waals surface area contributed by atoms with Gasteiger partial charge in [-0.1, -0.05) is 6.07 Å². The van der Waals surface area contributed by atoms with Crippen molar-refractivity contribution < 1.29 is 19.4 Å². The number of nitrogens with one attached hydrogen (secondary N) is 1. The van der Waals surface area contributed by atoms with Crippen LogP contribution in [0.3, 0.4) is 0 Å². The van der Waals surface area contributed by atoms with E-state index in [4.69, 9.17) is 19.4 Å². The summed E-state index contributed by atoms with van der Waals surface area (Å²) in [5.41, 5.74) is 3.07. The maximum absolute atomic E-state index is 8.72. The Morgan fingerprint density at radius 3 is 3.00 bits per heavy atom. The van der Waals surface area contributed by atoms with E-state index in [1.165, 1.54) is 0 Å². The van der Waals surface area contributed by atoms with Crippen LogP contribution in [0.5, 0.6) is 11.5 Å². The summed E-state index contributed by atoms with van der Waals surface area (Å²) in [6.07, 6.45) is 2.08. The summed E-state index contributed by atoms with van der Waals surface area (Å²) in [6, 6.07) is 5.59. The minimum absolute atomic E-state index is 0.0741. The zero-order valence-corrected chi connectivity index (χ0v) is 10.5. The van der Waals surface area contributed by atoms with E-state index in [1.54, 1.807) is 7.11 Å². The summed E-state index contributed by atoms with van der Waals surface area (Å²) >= 11 is 0. The molecule has 0 aromatic heterocycles. The van der Waals surface area contributed by atoms with Crippen LogP contribution >= 0.6 is 0 Å². The highest BCUT2D eigenvalue weighted by atomic mass is 16.5. The first kappa shape index (κ1) is 13.1. The number of hydrogen-bond donors (Lipinski definition) is 2. The van der Waals surface area contributed by atoms with Gasteiger partial charge in [0.15, 0.2) is 11.5 Å². The van der Waals surface area contributed by atoms with E-state index in [1.807, 2.05) is 18.2 Å². The lowest BCUT2D eigenvalue weighted by molar-refractivity contribution is 0.00639. The van der Waals surface area contributed by atoms with Crippen molar-refractivity contribution in [3.8, 4) is 11.5 Å². The Labute approximate surface area is 107 Å². The van der Waals surface area contributed by atoms with Crippen LogP contribution in [-0.2, 0) is 11.3 Å². The summed E-state index contributed by atoms with van der Waals surface area (Å²) in [7, 11) is 1.61. The monoisotopic (exact) mass is 253 g/mol. The van der Waals surface area contributed by atoms with Gasteiger partial charge in [0.2, 0.25) is 0 Å². The van der Waals surface area contributed by atoms with Crippen LogP contribution in [0.4, 0.5) is 0 Å². The largest absolute Gasteiger partial charge is 0.493 e. The van der Waals surface area contributed by atoms with Crippen LogP contribution in [0.1, 0.15) is 18.4 Å². The molecule has 5 heteroatoms. The van der Waals surface area contributed by atoms with Gasteiger partial charge in [-0.05, 0) is 30.5 Å². The molecule has 1 aliphatic heterocycles. The van der Waals surface area contributed by atoms with Gasteiger partial charge in [0.1, 0.15) is 6.10 Å². The highest BCUT2D eigenvalue weighted by Gasteiger charge is 2.17. The lowest BCUT2D eigenvalue weighted by Gasteiger charge is -2.24. The van der Waals surface area contributed by atoms with E-state index in [-0.39, 0.29) is 6.10 Å². The highest BCUT2D eigenvalue weighted by Crippen LogP contribution is 2.30. The minimum Gasteiger partial charge on any atom is -0.493 e. The molecule has 100 valence electrons. The fourth-order valence-corrected chi connectivity index (χ4v) is 2.00. The summed E-state index contributed by atoms with van der Waals surface area (Å²) in [5, 5.41) is 8.72. The molecule has 0 saturated carbocycles. The topological polar surface area (TPSA) is 60.0 Å². The number of hydrogen-bond acceptors (Lipinski definition) is 5. The first-order valence-electron chi connectivity index (χ1n) is 6.11. The Morgan fingerprint density at radius 1 is 1.44 bits per heavy atom. The van der Waals surface area contributed by atoms with Crippen LogP contribution in [0, 0.1) is 0 Å². The molecule has 2 rings (SSSR count). The lowest BCUT2D eigenvalue weighted by atomic mass is 10.1. The van der Waals surface area contributed by atoms with Gasteiger partial charge < -0.3 is 19.4 Å². The van der Waals surface area contributed by atoms with E-state index < -0.39 is 0 Å². The molecule has 1 fully saturated rings. The molecule has 0 bridgehead atoms. The van der Waals surface area contributed by atoms with Crippen LogP contribution < -0.4 is 15.0 Å². The third-order valence-corrected chi connectivity index (χ3v) is 2.92. The van der Waals surface area contributed by atoms with E-state index in [2.05, 4.69) is 5.48 Å². The molecule has 1 saturated heterocycles. The van der Waals surface area contributed by atoms with Crippen molar-refractivity contribution in [1.82, 2.24) is 5.48 Å². The number of benzene rings is 1. The second kappa shape index (κ2) is 6.58. The Balaban J connectivity index is 2.09. The van der Waals surface area contributed by atoms with E-state index >= 15 is 0 Å². The smallest absolute Gasteiger partial charge is 0.162 e. The molecule has 1 aromatic carbocycles. The quantitative estimate of drug-likeness (QED) is 0.783. The van der Waals surface area contributed by atoms with Crippen molar-refractivity contribution in [2.45, 2.75) is 25.5 Å². The van der Waals surface area contributed by atoms with E-state index in [9.17, 15) is 0 Å². The van der Waals surface area contributed by atoms with Crippen LogP contribution in [0.25, 0.3) is 0 Å². The molecule has 0 spiro atoms. The summed E-state index contributed by atoms with van der Waals surface area (Å²) in [5.74, 6) is 1.39. The third-order valence-electron chi connectivity index (χ3n) is 2.92. The molecule has 18 heavy (non-hydrogen) atoms. The van der Waals surface area contributed by atoms with Crippen molar-refractivity contribution in [2.24, 2.45) is 0 Å². The van der Waals surface area contributed by atoms with Crippen molar-refractivity contribution in [3.63, 3.8) is 0 Å². The van der Waals surface area contributed by atoms with Gasteiger partial charge in [0.05, 0.1) is 13.7 Å². The zero-order valence-electron chi connectivity index (χ0n) is 10.5. The maximum Gasteiger partial charge on any atom is 0.162 e. The minimum atomic E-state index is 0.0741. The maximum atomic E-state index is 8.72. The highest BCUT2D eigenvalue weighted by molar-refractivity contribution is 5.43. The average Bonchev–Trinajstić information content (AvgIpc) is 2.41. The predicted octanol–water partition coefficient (Wildman–Crippen LogP) is 1.73. The van der Waals surface area contributed by atoms with Gasteiger partial charge in [0, 0.05) is 13.2 Å². The first-order chi connectivity index (χ1) is 8.83. The van der Waals surface area contributed by atoms with Crippen LogP contribution in [-0.4, -0.2) is 31.6 Å². The van der Waals surface area contributed by atoms with Crippen molar-refractivity contribution in [3.05, 3.63) is 23.8 Å². The fourth-order valence-electron chi connectivity index (χ4n) is 2.00. The van der Waals surface area contributed by atoms with Gasteiger partial charge in [-0.25, -0.2) is 5.48 Å². The summed E-state index contributed by atoms with van der Waals surface area (Å²) < 4.78 is 16.6. The van der Waals surface area contributed by atoms with Crippen molar-refractivity contribution in [2.75, 3.05) is 20.3 Å². The first-order valence-corrected chi connectivity index (χ1v) is 6.11. The lowest BCUT2D eigenvalue weighted by Crippen LogP contribution is -2.28. The number of ether oxygens (including phenoxy) is 3. The van der Waals surface area contributed by atoms with Gasteiger partial charge >= 0.3 is 0 Å². The normalized spacial score (nSPS) is 19.6. The summed E-state index contributed by atoms with van der Waals surface area (Å²) in [6.45, 7) is 1.80. The van der Waals surface area contributed by atoms with Crippen LogP contribution in [0.2, 0.25) is 0 Å². The molecular formula is C13H19NO4. The number of hydroxylamine groups is 1.